The number of aryl methyl sites for hydroxylation is 1. The summed E-state index contributed by atoms with van der Waals surface area (Å²) < 4.78 is 5.74. The number of carbonyl (C=O) groups is 2. The van der Waals surface area contributed by atoms with Crippen molar-refractivity contribution in [2.45, 2.75) is 25.8 Å². The van der Waals surface area contributed by atoms with Crippen LogP contribution in [0, 0.1) is 6.92 Å². The molecule has 1 fully saturated rings. The van der Waals surface area contributed by atoms with Gasteiger partial charge in [0, 0.05) is 11.7 Å². The first-order valence-corrected chi connectivity index (χ1v) is 9.41. The van der Waals surface area contributed by atoms with Gasteiger partial charge < -0.3 is 15.4 Å². The van der Waals surface area contributed by atoms with E-state index in [4.69, 9.17) is 4.74 Å². The minimum Gasteiger partial charge on any atom is -0.483 e. The topological polar surface area (TPSA) is 67.4 Å². The number of carbonyl (C=O) groups excluding carboxylic acids is 2. The van der Waals surface area contributed by atoms with Crippen molar-refractivity contribution in [3.63, 3.8) is 0 Å². The summed E-state index contributed by atoms with van der Waals surface area (Å²) in [5.41, 5.74) is 2.23. The van der Waals surface area contributed by atoms with Gasteiger partial charge >= 0.3 is 0 Å². The van der Waals surface area contributed by atoms with Gasteiger partial charge in [-0.2, -0.15) is 0 Å². The zero-order chi connectivity index (χ0) is 19.5. The summed E-state index contributed by atoms with van der Waals surface area (Å²) in [4.78, 5) is 24.9. The van der Waals surface area contributed by atoms with Crippen molar-refractivity contribution >= 4 is 28.3 Å². The Morgan fingerprint density at radius 3 is 2.36 bits per heavy atom. The number of benzene rings is 3. The molecule has 0 spiro atoms. The van der Waals surface area contributed by atoms with Gasteiger partial charge in [0.05, 0.1) is 5.56 Å². The van der Waals surface area contributed by atoms with E-state index in [-0.39, 0.29) is 24.5 Å². The summed E-state index contributed by atoms with van der Waals surface area (Å²) in [7, 11) is 0. The molecule has 0 aliphatic heterocycles. The molecule has 0 heterocycles. The van der Waals surface area contributed by atoms with Gasteiger partial charge in [-0.1, -0.05) is 42.0 Å². The van der Waals surface area contributed by atoms with Crippen LogP contribution in [-0.2, 0) is 4.79 Å². The van der Waals surface area contributed by atoms with Gasteiger partial charge in [-0.05, 0) is 54.8 Å². The van der Waals surface area contributed by atoms with E-state index < -0.39 is 0 Å². The molecule has 5 heteroatoms. The van der Waals surface area contributed by atoms with Crippen LogP contribution in [0.2, 0.25) is 0 Å². The Hall–Kier alpha value is -3.34. The Bertz CT molecular complexity index is 1020. The van der Waals surface area contributed by atoms with Crippen LogP contribution >= 0.6 is 0 Å². The lowest BCUT2D eigenvalue weighted by molar-refractivity contribution is -0.123. The van der Waals surface area contributed by atoms with Crippen molar-refractivity contribution in [2.24, 2.45) is 0 Å². The van der Waals surface area contributed by atoms with Crippen LogP contribution in [0.15, 0.2) is 60.7 Å². The van der Waals surface area contributed by atoms with E-state index in [9.17, 15) is 9.59 Å². The third kappa shape index (κ3) is 4.31. The zero-order valence-corrected chi connectivity index (χ0v) is 15.7. The maximum Gasteiger partial charge on any atom is 0.259 e. The number of anilines is 1. The first kappa shape index (κ1) is 18.0. The van der Waals surface area contributed by atoms with E-state index in [0.29, 0.717) is 17.0 Å². The van der Waals surface area contributed by atoms with Gasteiger partial charge in [0.25, 0.3) is 11.8 Å². The largest absolute Gasteiger partial charge is 0.483 e. The van der Waals surface area contributed by atoms with E-state index >= 15 is 0 Å². The van der Waals surface area contributed by atoms with Crippen LogP contribution in [0.4, 0.5) is 5.69 Å². The molecule has 3 aromatic rings. The van der Waals surface area contributed by atoms with Crippen molar-refractivity contribution < 1.29 is 14.3 Å². The third-order valence-electron chi connectivity index (χ3n) is 4.70. The predicted molar refractivity (Wildman–Crippen MR) is 110 cm³/mol. The first-order valence-electron chi connectivity index (χ1n) is 9.41. The molecule has 1 aliphatic carbocycles. The van der Waals surface area contributed by atoms with E-state index in [1.54, 1.807) is 6.07 Å². The fourth-order valence-electron chi connectivity index (χ4n) is 2.99. The summed E-state index contributed by atoms with van der Waals surface area (Å²) in [5.74, 6) is -0.0398. The minimum atomic E-state index is -0.271. The molecule has 0 unspecified atom stereocenters. The van der Waals surface area contributed by atoms with Gasteiger partial charge in [-0.3, -0.25) is 9.59 Å². The van der Waals surface area contributed by atoms with Gasteiger partial charge in [0.1, 0.15) is 5.75 Å². The fourth-order valence-corrected chi connectivity index (χ4v) is 2.99. The average Bonchev–Trinajstić information content (AvgIpc) is 3.51. The molecule has 0 atom stereocenters. The Labute approximate surface area is 163 Å². The highest BCUT2D eigenvalue weighted by atomic mass is 16.5. The molecule has 0 radical (unpaired) electrons. The number of nitrogens with one attached hydrogen (secondary N) is 2. The second-order valence-electron chi connectivity index (χ2n) is 7.15. The van der Waals surface area contributed by atoms with Gasteiger partial charge in [0.15, 0.2) is 6.61 Å². The molecule has 4 rings (SSSR count). The SMILES string of the molecule is Cc1ccc(NC(=O)c2cc3ccccc3cc2OCC(=O)NC2CC2)cc1. The summed E-state index contributed by atoms with van der Waals surface area (Å²) >= 11 is 0. The number of hydrogen-bond acceptors (Lipinski definition) is 3. The van der Waals surface area contributed by atoms with Crippen LogP contribution in [-0.4, -0.2) is 24.5 Å². The Morgan fingerprint density at radius 2 is 1.68 bits per heavy atom. The normalized spacial score (nSPS) is 13.2. The van der Waals surface area contributed by atoms with Crippen molar-refractivity contribution in [1.82, 2.24) is 5.32 Å². The van der Waals surface area contributed by atoms with Crippen molar-refractivity contribution in [3.05, 3.63) is 71.8 Å². The van der Waals surface area contributed by atoms with E-state index in [0.717, 1.165) is 29.2 Å². The molecular formula is C23H22N2O3. The lowest BCUT2D eigenvalue weighted by atomic mass is 10.1. The maximum atomic E-state index is 12.9. The monoisotopic (exact) mass is 374 g/mol. The van der Waals surface area contributed by atoms with Gasteiger partial charge in [-0.15, -0.1) is 0 Å². The minimum absolute atomic E-state index is 0.111. The average molecular weight is 374 g/mol. The highest BCUT2D eigenvalue weighted by molar-refractivity contribution is 6.08. The van der Waals surface area contributed by atoms with Crippen molar-refractivity contribution in [3.8, 4) is 5.75 Å². The second-order valence-corrected chi connectivity index (χ2v) is 7.15. The van der Waals surface area contributed by atoms with Crippen LogP contribution in [0.3, 0.4) is 0 Å². The number of fused-ring (bicyclic) bond motifs is 1. The number of rotatable bonds is 6. The Kier molecular flexibility index (Phi) is 4.98. The number of hydrogen-bond donors (Lipinski definition) is 2. The standard InChI is InChI=1S/C23H22N2O3/c1-15-6-8-19(9-7-15)25-23(27)20-12-16-4-2-3-5-17(16)13-21(20)28-14-22(26)24-18-10-11-18/h2-9,12-13,18H,10-11,14H2,1H3,(H,24,26)(H,25,27). The highest BCUT2D eigenvalue weighted by Gasteiger charge is 2.23. The van der Waals surface area contributed by atoms with Crippen LogP contribution < -0.4 is 15.4 Å². The summed E-state index contributed by atoms with van der Waals surface area (Å²) in [6.45, 7) is 1.88. The third-order valence-corrected chi connectivity index (χ3v) is 4.70. The molecule has 142 valence electrons. The molecule has 0 saturated heterocycles. The number of ether oxygens (including phenoxy) is 1. The van der Waals surface area contributed by atoms with E-state index in [1.807, 2.05) is 61.5 Å². The molecule has 2 amide bonds. The predicted octanol–water partition coefficient (Wildman–Crippen LogP) is 4.06. The van der Waals surface area contributed by atoms with Gasteiger partial charge in [-0.25, -0.2) is 0 Å². The molecule has 1 aliphatic rings. The van der Waals surface area contributed by atoms with Crippen LogP contribution in [0.1, 0.15) is 28.8 Å². The summed E-state index contributed by atoms with van der Waals surface area (Å²) in [6.07, 6.45) is 2.04. The van der Waals surface area contributed by atoms with Gasteiger partial charge in [0.2, 0.25) is 0 Å². The van der Waals surface area contributed by atoms with E-state index in [1.165, 1.54) is 0 Å². The quantitative estimate of drug-likeness (QED) is 0.684. The Morgan fingerprint density at radius 1 is 1.00 bits per heavy atom. The molecule has 5 nitrogen and oxygen atoms in total. The lowest BCUT2D eigenvalue weighted by Crippen LogP contribution is -2.30. The van der Waals surface area contributed by atoms with Crippen molar-refractivity contribution in [1.29, 1.82) is 0 Å². The Balaban J connectivity index is 1.59. The lowest BCUT2D eigenvalue weighted by Gasteiger charge is -2.13. The van der Waals surface area contributed by atoms with Crippen molar-refractivity contribution in [2.75, 3.05) is 11.9 Å². The number of amides is 2. The summed E-state index contributed by atoms with van der Waals surface area (Å²) in [6, 6.07) is 19.2. The summed E-state index contributed by atoms with van der Waals surface area (Å²) in [5, 5.41) is 7.68. The molecule has 2 N–H and O–H groups in total. The maximum absolute atomic E-state index is 12.9. The smallest absolute Gasteiger partial charge is 0.259 e. The van der Waals surface area contributed by atoms with Crippen LogP contribution in [0.5, 0.6) is 5.75 Å². The molecule has 0 bridgehead atoms. The molecule has 28 heavy (non-hydrogen) atoms. The molecule has 0 aromatic heterocycles. The fraction of sp³-hybridized carbons (Fsp3) is 0.217. The highest BCUT2D eigenvalue weighted by Crippen LogP contribution is 2.27. The van der Waals surface area contributed by atoms with Crippen LogP contribution in [0.25, 0.3) is 10.8 Å². The molecular weight excluding hydrogens is 352 g/mol. The zero-order valence-electron chi connectivity index (χ0n) is 15.7. The molecule has 3 aromatic carbocycles. The van der Waals surface area contributed by atoms with E-state index in [2.05, 4.69) is 10.6 Å². The first-order chi connectivity index (χ1) is 13.6. The molecule has 1 saturated carbocycles. The second kappa shape index (κ2) is 7.72.